The van der Waals surface area contributed by atoms with Crippen molar-refractivity contribution in [2.75, 3.05) is 0 Å². The van der Waals surface area contributed by atoms with Crippen LogP contribution in [0.15, 0.2) is 51.7 Å². The summed E-state index contributed by atoms with van der Waals surface area (Å²) in [7, 11) is 0. The third-order valence-corrected chi connectivity index (χ3v) is 4.44. The van der Waals surface area contributed by atoms with Crippen LogP contribution in [0.1, 0.15) is 48.6 Å². The first-order valence-corrected chi connectivity index (χ1v) is 8.40. The van der Waals surface area contributed by atoms with E-state index in [0.717, 1.165) is 17.5 Å². The van der Waals surface area contributed by atoms with E-state index < -0.39 is 5.63 Å². The first-order valence-electron chi connectivity index (χ1n) is 8.40. The summed E-state index contributed by atoms with van der Waals surface area (Å²) >= 11 is 0. The number of hydrogen-bond donors (Lipinski definition) is 1. The molecular weight excluding hydrogens is 314 g/mol. The zero-order valence-corrected chi connectivity index (χ0v) is 14.6. The molecule has 4 nitrogen and oxygen atoms in total. The lowest BCUT2D eigenvalue weighted by atomic mass is 9.98. The minimum atomic E-state index is -0.567. The highest BCUT2D eigenvalue weighted by Gasteiger charge is 2.10. The monoisotopic (exact) mass is 335 g/mol. The highest BCUT2D eigenvalue weighted by Crippen LogP contribution is 2.23. The Bertz CT molecular complexity index is 984. The molecule has 1 N–H and O–H groups in total. The van der Waals surface area contributed by atoms with Crippen LogP contribution >= 0.6 is 0 Å². The van der Waals surface area contributed by atoms with E-state index in [1.54, 1.807) is 18.2 Å². The Labute approximate surface area is 146 Å². The Morgan fingerprint density at radius 2 is 1.96 bits per heavy atom. The summed E-state index contributed by atoms with van der Waals surface area (Å²) in [5.41, 5.74) is 3.45. The van der Waals surface area contributed by atoms with Crippen LogP contribution in [-0.2, 0) is 0 Å². The van der Waals surface area contributed by atoms with Crippen LogP contribution in [0, 0.1) is 6.92 Å². The molecule has 128 valence electrons. The molecule has 0 bridgehead atoms. The molecule has 0 fully saturated rings. The number of aryl methyl sites for hydroxylation is 1. The van der Waals surface area contributed by atoms with Crippen molar-refractivity contribution in [1.29, 1.82) is 0 Å². The van der Waals surface area contributed by atoms with Gasteiger partial charge in [-0.3, -0.25) is 0 Å². The quantitative estimate of drug-likeness (QED) is 0.676. The molecule has 0 amide bonds. The normalized spacial score (nSPS) is 13.2. The summed E-state index contributed by atoms with van der Waals surface area (Å²) in [4.78, 5) is 16.5. The molecule has 4 heteroatoms. The molecule has 3 aromatic rings. The van der Waals surface area contributed by atoms with E-state index in [0.29, 0.717) is 22.6 Å². The molecule has 0 saturated carbocycles. The third-order valence-electron chi connectivity index (χ3n) is 4.44. The van der Waals surface area contributed by atoms with Gasteiger partial charge in [0.15, 0.2) is 11.3 Å². The Hall–Kier alpha value is -2.88. The van der Waals surface area contributed by atoms with Gasteiger partial charge in [-0.15, -0.1) is 0 Å². The van der Waals surface area contributed by atoms with Gasteiger partial charge in [-0.2, -0.15) is 0 Å². The van der Waals surface area contributed by atoms with Gasteiger partial charge in [-0.05, 0) is 37.0 Å². The lowest BCUT2D eigenvalue weighted by Crippen LogP contribution is -2.07. The summed E-state index contributed by atoms with van der Waals surface area (Å²) in [6.45, 7) is 6.24. The fourth-order valence-electron chi connectivity index (χ4n) is 2.61. The predicted octanol–water partition coefficient (Wildman–Crippen LogP) is 5.07. The van der Waals surface area contributed by atoms with Gasteiger partial charge >= 0.3 is 5.63 Å². The van der Waals surface area contributed by atoms with Crippen molar-refractivity contribution in [3.63, 3.8) is 0 Å². The van der Waals surface area contributed by atoms with Crippen LogP contribution in [-0.4, -0.2) is 10.1 Å². The van der Waals surface area contributed by atoms with Crippen molar-refractivity contribution in [2.24, 2.45) is 0 Å². The van der Waals surface area contributed by atoms with E-state index in [9.17, 15) is 9.90 Å². The molecule has 0 saturated heterocycles. The molecule has 1 heterocycles. The molecule has 0 aliphatic heterocycles. The third kappa shape index (κ3) is 3.63. The Kier molecular flexibility index (Phi) is 4.70. The van der Waals surface area contributed by atoms with E-state index in [-0.39, 0.29) is 11.5 Å². The lowest BCUT2D eigenvalue weighted by molar-refractivity contribution is 0.514. The number of aliphatic hydroxyl groups excluding tert-OH is 1. The molecule has 25 heavy (non-hydrogen) atoms. The Morgan fingerprint density at radius 3 is 2.64 bits per heavy atom. The number of rotatable bonds is 4. The fourth-order valence-corrected chi connectivity index (χ4v) is 2.61. The zero-order chi connectivity index (χ0) is 18.0. The highest BCUT2D eigenvalue weighted by atomic mass is 16.4. The van der Waals surface area contributed by atoms with Gasteiger partial charge in [-0.1, -0.05) is 49.7 Å². The smallest absolute Gasteiger partial charge is 0.362 e. The van der Waals surface area contributed by atoms with Crippen molar-refractivity contribution in [3.8, 4) is 0 Å². The minimum Gasteiger partial charge on any atom is -0.507 e. The molecule has 0 spiro atoms. The molecule has 0 aliphatic carbocycles. The summed E-state index contributed by atoms with van der Waals surface area (Å²) in [6, 6.07) is 13.1. The van der Waals surface area contributed by atoms with Crippen molar-refractivity contribution in [3.05, 3.63) is 75.3 Å². The van der Waals surface area contributed by atoms with E-state index in [2.05, 4.69) is 18.8 Å². The summed E-state index contributed by atoms with van der Waals surface area (Å²) in [5.74, 6) is 0.385. The first kappa shape index (κ1) is 17.0. The maximum atomic E-state index is 12.1. The van der Waals surface area contributed by atoms with E-state index in [4.69, 9.17) is 4.42 Å². The van der Waals surface area contributed by atoms with Crippen molar-refractivity contribution >= 4 is 22.9 Å². The maximum absolute atomic E-state index is 12.1. The van der Waals surface area contributed by atoms with Crippen molar-refractivity contribution < 1.29 is 9.52 Å². The van der Waals surface area contributed by atoms with Crippen LogP contribution in [0.5, 0.6) is 0 Å². The number of nitrogens with zero attached hydrogens (tertiary/aromatic N) is 1. The number of aliphatic hydroxyl groups is 1. The minimum absolute atomic E-state index is 0.0165. The second-order valence-electron chi connectivity index (χ2n) is 6.32. The van der Waals surface area contributed by atoms with Crippen molar-refractivity contribution in [1.82, 2.24) is 4.98 Å². The summed E-state index contributed by atoms with van der Waals surface area (Å²) < 4.78 is 5.34. The maximum Gasteiger partial charge on any atom is 0.362 e. The number of benzene rings is 2. The standard InChI is InChI=1S/C21H21NO3/c1-4-14(3)16-9-10-20-17(11-16)22-18(21(24)25-20)12-19(23)15-7-5-13(2)6-8-15/h5-12,14,23H,4H2,1-3H3. The van der Waals surface area contributed by atoms with Gasteiger partial charge in [0.2, 0.25) is 0 Å². The molecule has 0 radical (unpaired) electrons. The molecule has 1 aromatic heterocycles. The topological polar surface area (TPSA) is 63.3 Å². The second-order valence-corrected chi connectivity index (χ2v) is 6.32. The number of hydrogen-bond acceptors (Lipinski definition) is 4. The van der Waals surface area contributed by atoms with Gasteiger partial charge in [0.05, 0.1) is 0 Å². The molecule has 3 rings (SSSR count). The largest absolute Gasteiger partial charge is 0.507 e. The van der Waals surface area contributed by atoms with Gasteiger partial charge in [0.25, 0.3) is 0 Å². The van der Waals surface area contributed by atoms with Gasteiger partial charge < -0.3 is 9.52 Å². The lowest BCUT2D eigenvalue weighted by Gasteiger charge is -2.09. The van der Waals surface area contributed by atoms with E-state index in [1.165, 1.54) is 6.08 Å². The second kappa shape index (κ2) is 6.93. The average Bonchev–Trinajstić information content (AvgIpc) is 2.61. The van der Waals surface area contributed by atoms with Gasteiger partial charge in [0.1, 0.15) is 11.3 Å². The van der Waals surface area contributed by atoms with Crippen LogP contribution in [0.25, 0.3) is 22.9 Å². The average molecular weight is 335 g/mol. The van der Waals surface area contributed by atoms with Crippen molar-refractivity contribution in [2.45, 2.75) is 33.1 Å². The summed E-state index contributed by atoms with van der Waals surface area (Å²) in [5, 5.41) is 10.3. The predicted molar refractivity (Wildman–Crippen MR) is 101 cm³/mol. The fraction of sp³-hybridized carbons (Fsp3) is 0.238. The SMILES string of the molecule is CCC(C)c1ccc2oc(=O)c(C=C(O)c3ccc(C)cc3)nc2c1. The first-order chi connectivity index (χ1) is 12.0. The van der Waals surface area contributed by atoms with Crippen LogP contribution in [0.3, 0.4) is 0 Å². The molecular formula is C21H21NO3. The van der Waals surface area contributed by atoms with E-state index in [1.807, 2.05) is 31.2 Å². The van der Waals surface area contributed by atoms with Gasteiger partial charge in [-0.25, -0.2) is 9.78 Å². The van der Waals surface area contributed by atoms with Crippen LogP contribution in [0.2, 0.25) is 0 Å². The zero-order valence-electron chi connectivity index (χ0n) is 14.6. The van der Waals surface area contributed by atoms with Crippen LogP contribution < -0.4 is 5.63 Å². The van der Waals surface area contributed by atoms with Crippen LogP contribution in [0.4, 0.5) is 0 Å². The molecule has 1 unspecified atom stereocenters. The summed E-state index contributed by atoms with van der Waals surface area (Å²) in [6.07, 6.45) is 2.37. The number of aromatic nitrogens is 1. The molecule has 2 aromatic carbocycles. The highest BCUT2D eigenvalue weighted by molar-refractivity contribution is 5.78. The number of fused-ring (bicyclic) bond motifs is 1. The van der Waals surface area contributed by atoms with E-state index >= 15 is 0 Å². The molecule has 1 atom stereocenters. The van der Waals surface area contributed by atoms with Gasteiger partial charge in [0, 0.05) is 11.6 Å². The Balaban J connectivity index is 2.05. The Morgan fingerprint density at radius 1 is 1.24 bits per heavy atom. The molecule has 0 aliphatic rings.